The van der Waals surface area contributed by atoms with E-state index in [0.717, 1.165) is 42.6 Å². The molecule has 1 atom stereocenters. The highest BCUT2D eigenvalue weighted by Gasteiger charge is 2.30. The Bertz CT molecular complexity index is 911. The average molecular weight is 457 g/mol. The summed E-state index contributed by atoms with van der Waals surface area (Å²) in [6, 6.07) is 14.9. The van der Waals surface area contributed by atoms with Gasteiger partial charge in [-0.25, -0.2) is 0 Å². The number of aryl methyl sites for hydroxylation is 1. The molecule has 0 saturated heterocycles. The number of halogens is 1. The van der Waals surface area contributed by atoms with Crippen LogP contribution in [-0.2, 0) is 22.6 Å². The Hall–Kier alpha value is -2.53. The van der Waals surface area contributed by atoms with Gasteiger partial charge in [0.15, 0.2) is 0 Å². The lowest BCUT2D eigenvalue weighted by Gasteiger charge is -2.31. The molecule has 3 rings (SSSR count). The van der Waals surface area contributed by atoms with Crippen LogP contribution < -0.4 is 10.1 Å². The molecule has 32 heavy (non-hydrogen) atoms. The minimum atomic E-state index is -0.513. The number of benzene rings is 2. The second-order valence-electron chi connectivity index (χ2n) is 8.38. The number of ether oxygens (including phenoxy) is 1. The molecule has 2 aromatic carbocycles. The molecule has 0 aliphatic heterocycles. The van der Waals surface area contributed by atoms with Gasteiger partial charge < -0.3 is 15.0 Å². The lowest BCUT2D eigenvalue weighted by molar-refractivity contribution is -0.141. The molecule has 0 radical (unpaired) electrons. The van der Waals surface area contributed by atoms with Gasteiger partial charge in [0.05, 0.1) is 7.11 Å². The monoisotopic (exact) mass is 456 g/mol. The van der Waals surface area contributed by atoms with Crippen molar-refractivity contribution in [1.82, 2.24) is 10.2 Å². The molecular formula is C26H33ClN2O3. The third kappa shape index (κ3) is 6.49. The molecule has 1 saturated carbocycles. The van der Waals surface area contributed by atoms with Gasteiger partial charge >= 0.3 is 0 Å². The molecule has 5 nitrogen and oxygen atoms in total. The van der Waals surface area contributed by atoms with E-state index >= 15 is 0 Å². The van der Waals surface area contributed by atoms with E-state index in [1.165, 1.54) is 0 Å². The topological polar surface area (TPSA) is 58.6 Å². The van der Waals surface area contributed by atoms with Crippen LogP contribution in [-0.4, -0.2) is 35.9 Å². The standard InChI is InChI=1S/C26H33ClN2O3/c1-3-24(26(31)28-21-11-5-6-12-21)29(18-19-9-8-13-22(17-19)32-2)25(30)16-15-20-10-4-7-14-23(20)27/h4,7-10,13-14,17,21,24H,3,5-6,11-12,15-16,18H2,1-2H3,(H,28,31)/t24-/m1/s1. The van der Waals surface area contributed by atoms with Gasteiger partial charge in [0, 0.05) is 24.0 Å². The highest BCUT2D eigenvalue weighted by Crippen LogP contribution is 2.22. The molecular weight excluding hydrogens is 424 g/mol. The van der Waals surface area contributed by atoms with Crippen molar-refractivity contribution < 1.29 is 14.3 Å². The van der Waals surface area contributed by atoms with E-state index < -0.39 is 6.04 Å². The van der Waals surface area contributed by atoms with Crippen LogP contribution >= 0.6 is 11.6 Å². The summed E-state index contributed by atoms with van der Waals surface area (Å²) in [6.45, 7) is 2.31. The Morgan fingerprint density at radius 2 is 1.91 bits per heavy atom. The number of amides is 2. The molecule has 0 heterocycles. The van der Waals surface area contributed by atoms with Crippen LogP contribution in [0.15, 0.2) is 48.5 Å². The van der Waals surface area contributed by atoms with Crippen molar-refractivity contribution in [1.29, 1.82) is 0 Å². The smallest absolute Gasteiger partial charge is 0.243 e. The number of carbonyl (C=O) groups is 2. The van der Waals surface area contributed by atoms with Crippen LogP contribution in [0.4, 0.5) is 0 Å². The maximum Gasteiger partial charge on any atom is 0.243 e. The predicted molar refractivity (Wildman–Crippen MR) is 128 cm³/mol. The van der Waals surface area contributed by atoms with Crippen LogP contribution in [0.1, 0.15) is 56.6 Å². The minimum Gasteiger partial charge on any atom is -0.497 e. The van der Waals surface area contributed by atoms with Crippen LogP contribution in [0.25, 0.3) is 0 Å². The Labute approximate surface area is 196 Å². The third-order valence-corrected chi connectivity index (χ3v) is 6.51. The lowest BCUT2D eigenvalue weighted by atomic mass is 10.1. The highest BCUT2D eigenvalue weighted by molar-refractivity contribution is 6.31. The zero-order valence-corrected chi connectivity index (χ0v) is 19.7. The Morgan fingerprint density at radius 1 is 1.16 bits per heavy atom. The Balaban J connectivity index is 1.78. The van der Waals surface area contributed by atoms with E-state index in [0.29, 0.717) is 30.8 Å². The maximum absolute atomic E-state index is 13.4. The number of hydrogen-bond donors (Lipinski definition) is 1. The maximum atomic E-state index is 13.4. The molecule has 172 valence electrons. The molecule has 0 aromatic heterocycles. The number of nitrogens with zero attached hydrogens (tertiary/aromatic N) is 1. The van der Waals surface area contributed by atoms with Crippen LogP contribution in [0.5, 0.6) is 5.75 Å². The molecule has 2 aromatic rings. The van der Waals surface area contributed by atoms with Gasteiger partial charge in [-0.3, -0.25) is 9.59 Å². The molecule has 2 amide bonds. The van der Waals surface area contributed by atoms with Gasteiger partial charge in [0.2, 0.25) is 11.8 Å². The molecule has 0 spiro atoms. The van der Waals surface area contributed by atoms with Gasteiger partial charge in [-0.15, -0.1) is 0 Å². The normalized spacial score (nSPS) is 14.7. The number of hydrogen-bond acceptors (Lipinski definition) is 3. The average Bonchev–Trinajstić information content (AvgIpc) is 3.31. The Kier molecular flexibility index (Phi) is 8.98. The fourth-order valence-corrected chi connectivity index (χ4v) is 4.57. The highest BCUT2D eigenvalue weighted by atomic mass is 35.5. The first kappa shape index (κ1) is 24.1. The van der Waals surface area contributed by atoms with Crippen LogP contribution in [0.3, 0.4) is 0 Å². The minimum absolute atomic E-state index is 0.0545. The zero-order chi connectivity index (χ0) is 22.9. The number of methoxy groups -OCH3 is 1. The quantitative estimate of drug-likeness (QED) is 0.538. The summed E-state index contributed by atoms with van der Waals surface area (Å²) in [5.74, 6) is 0.615. The SMILES string of the molecule is CC[C@H](C(=O)NC1CCCC1)N(Cc1cccc(OC)c1)C(=O)CCc1ccccc1Cl. The zero-order valence-electron chi connectivity index (χ0n) is 19.0. The fourth-order valence-electron chi connectivity index (χ4n) is 4.34. The lowest BCUT2D eigenvalue weighted by Crippen LogP contribution is -2.51. The first-order chi connectivity index (χ1) is 15.5. The summed E-state index contributed by atoms with van der Waals surface area (Å²) in [4.78, 5) is 28.3. The summed E-state index contributed by atoms with van der Waals surface area (Å²) >= 11 is 6.28. The molecule has 0 unspecified atom stereocenters. The second-order valence-corrected chi connectivity index (χ2v) is 8.79. The summed E-state index contributed by atoms with van der Waals surface area (Å²) in [5.41, 5.74) is 1.87. The number of carbonyl (C=O) groups excluding carboxylic acids is 2. The van der Waals surface area contributed by atoms with E-state index in [2.05, 4.69) is 5.32 Å². The van der Waals surface area contributed by atoms with Gasteiger partial charge in [0.1, 0.15) is 11.8 Å². The second kappa shape index (κ2) is 11.9. The van der Waals surface area contributed by atoms with Crippen molar-refractivity contribution in [3.8, 4) is 5.75 Å². The van der Waals surface area contributed by atoms with Gasteiger partial charge in [-0.05, 0) is 55.0 Å². The Morgan fingerprint density at radius 3 is 2.59 bits per heavy atom. The molecule has 1 aliphatic rings. The van der Waals surface area contributed by atoms with Crippen molar-refractivity contribution >= 4 is 23.4 Å². The third-order valence-electron chi connectivity index (χ3n) is 6.14. The fraction of sp³-hybridized carbons (Fsp3) is 0.462. The van der Waals surface area contributed by atoms with Gasteiger partial charge in [0.25, 0.3) is 0 Å². The van der Waals surface area contributed by atoms with E-state index in [-0.39, 0.29) is 17.9 Å². The first-order valence-electron chi connectivity index (χ1n) is 11.5. The van der Waals surface area contributed by atoms with E-state index in [1.54, 1.807) is 12.0 Å². The van der Waals surface area contributed by atoms with Crippen LogP contribution in [0, 0.1) is 0 Å². The predicted octanol–water partition coefficient (Wildman–Crippen LogP) is 5.15. The largest absolute Gasteiger partial charge is 0.497 e. The van der Waals surface area contributed by atoms with E-state index in [1.807, 2.05) is 55.5 Å². The molecule has 1 aliphatic carbocycles. The number of nitrogens with one attached hydrogen (secondary N) is 1. The van der Waals surface area contributed by atoms with Gasteiger partial charge in [-0.1, -0.05) is 61.7 Å². The van der Waals surface area contributed by atoms with Crippen molar-refractivity contribution in [2.45, 2.75) is 70.5 Å². The van der Waals surface area contributed by atoms with Crippen molar-refractivity contribution in [3.05, 3.63) is 64.7 Å². The van der Waals surface area contributed by atoms with Crippen molar-refractivity contribution in [3.63, 3.8) is 0 Å². The molecule has 1 N–H and O–H groups in total. The summed E-state index contributed by atoms with van der Waals surface area (Å²) in [6.07, 6.45) is 5.70. The molecule has 6 heteroatoms. The summed E-state index contributed by atoms with van der Waals surface area (Å²) in [7, 11) is 1.62. The summed E-state index contributed by atoms with van der Waals surface area (Å²) in [5, 5.41) is 3.84. The van der Waals surface area contributed by atoms with Gasteiger partial charge in [-0.2, -0.15) is 0 Å². The number of rotatable bonds is 10. The summed E-state index contributed by atoms with van der Waals surface area (Å²) < 4.78 is 5.34. The van der Waals surface area contributed by atoms with Crippen molar-refractivity contribution in [2.75, 3.05) is 7.11 Å². The van der Waals surface area contributed by atoms with E-state index in [4.69, 9.17) is 16.3 Å². The molecule has 0 bridgehead atoms. The van der Waals surface area contributed by atoms with E-state index in [9.17, 15) is 9.59 Å². The van der Waals surface area contributed by atoms with Crippen LogP contribution in [0.2, 0.25) is 5.02 Å². The van der Waals surface area contributed by atoms with Crippen molar-refractivity contribution in [2.24, 2.45) is 0 Å². The first-order valence-corrected chi connectivity index (χ1v) is 11.9. The molecule has 1 fully saturated rings.